The molecule has 0 saturated carbocycles. The van der Waals surface area contributed by atoms with Crippen molar-refractivity contribution < 1.29 is 13.2 Å². The van der Waals surface area contributed by atoms with Gasteiger partial charge in [0.2, 0.25) is 0 Å². The van der Waals surface area contributed by atoms with E-state index >= 15 is 0 Å². The third-order valence-corrected chi connectivity index (χ3v) is 4.79. The molecule has 0 aliphatic heterocycles. The lowest BCUT2D eigenvalue weighted by Gasteiger charge is -2.08. The minimum Gasteiger partial charge on any atom is -0.370 e. The molecule has 0 unspecified atom stereocenters. The summed E-state index contributed by atoms with van der Waals surface area (Å²) < 4.78 is 37.8. The Morgan fingerprint density at radius 3 is 2.73 bits per heavy atom. The van der Waals surface area contributed by atoms with E-state index in [4.69, 9.17) is 0 Å². The standard InChI is InChI=1S/C15H16F3N3S/c16-15(17,18)12-6-3-7-13(21-12)19-9-8-14-20-10-4-1-2-5-11(10)22-14/h3,6-7H,1-2,4-5,8-9H2,(H,19,21). The molecular weight excluding hydrogens is 311 g/mol. The summed E-state index contributed by atoms with van der Waals surface area (Å²) in [6.45, 7) is 0.528. The lowest BCUT2D eigenvalue weighted by molar-refractivity contribution is -0.141. The van der Waals surface area contributed by atoms with Gasteiger partial charge in [-0.1, -0.05) is 6.07 Å². The minimum absolute atomic E-state index is 0.246. The molecule has 1 N–H and O–H groups in total. The molecule has 7 heteroatoms. The summed E-state index contributed by atoms with van der Waals surface area (Å²) in [6, 6.07) is 3.88. The van der Waals surface area contributed by atoms with E-state index in [0.29, 0.717) is 13.0 Å². The van der Waals surface area contributed by atoms with Gasteiger partial charge in [0.25, 0.3) is 0 Å². The Balaban J connectivity index is 1.58. The summed E-state index contributed by atoms with van der Waals surface area (Å²) in [5.74, 6) is 0.246. The molecule has 0 aromatic carbocycles. The van der Waals surface area contributed by atoms with Crippen LogP contribution in [0.1, 0.15) is 34.1 Å². The lowest BCUT2D eigenvalue weighted by Crippen LogP contribution is -2.11. The van der Waals surface area contributed by atoms with E-state index in [2.05, 4.69) is 15.3 Å². The molecule has 22 heavy (non-hydrogen) atoms. The zero-order valence-corrected chi connectivity index (χ0v) is 12.7. The van der Waals surface area contributed by atoms with Gasteiger partial charge in [0, 0.05) is 17.8 Å². The van der Waals surface area contributed by atoms with Crippen molar-refractivity contribution >= 4 is 17.2 Å². The molecule has 0 fully saturated rings. The highest BCUT2D eigenvalue weighted by Gasteiger charge is 2.32. The SMILES string of the molecule is FC(F)(F)c1cccc(NCCc2nc3c(s2)CCCC3)n1. The van der Waals surface area contributed by atoms with Crippen LogP contribution in [0.2, 0.25) is 0 Å². The Morgan fingerprint density at radius 1 is 1.14 bits per heavy atom. The average molecular weight is 327 g/mol. The van der Waals surface area contributed by atoms with Gasteiger partial charge in [-0.05, 0) is 37.8 Å². The number of fused-ring (bicyclic) bond motifs is 1. The van der Waals surface area contributed by atoms with Crippen molar-refractivity contribution in [1.82, 2.24) is 9.97 Å². The largest absolute Gasteiger partial charge is 0.433 e. The molecule has 118 valence electrons. The van der Waals surface area contributed by atoms with Crippen LogP contribution in [0, 0.1) is 0 Å². The molecule has 2 aromatic rings. The van der Waals surface area contributed by atoms with Crippen molar-refractivity contribution in [3.63, 3.8) is 0 Å². The van der Waals surface area contributed by atoms with E-state index in [0.717, 1.165) is 23.9 Å². The number of anilines is 1. The van der Waals surface area contributed by atoms with E-state index in [1.165, 1.54) is 29.5 Å². The van der Waals surface area contributed by atoms with Crippen molar-refractivity contribution in [2.45, 2.75) is 38.3 Å². The van der Waals surface area contributed by atoms with Gasteiger partial charge in [0.15, 0.2) is 0 Å². The first-order valence-electron chi connectivity index (χ1n) is 7.28. The fourth-order valence-electron chi connectivity index (χ4n) is 2.50. The second kappa shape index (κ2) is 6.24. The number of rotatable bonds is 4. The van der Waals surface area contributed by atoms with Crippen LogP contribution in [-0.4, -0.2) is 16.5 Å². The normalized spacial score (nSPS) is 14.7. The Hall–Kier alpha value is -1.63. The van der Waals surface area contributed by atoms with E-state index in [1.54, 1.807) is 17.4 Å². The molecule has 1 aliphatic rings. The number of nitrogens with zero attached hydrogens (tertiary/aromatic N) is 2. The summed E-state index contributed by atoms with van der Waals surface area (Å²) >= 11 is 1.73. The number of hydrogen-bond acceptors (Lipinski definition) is 4. The first-order valence-corrected chi connectivity index (χ1v) is 8.09. The third kappa shape index (κ3) is 3.58. The third-order valence-electron chi connectivity index (χ3n) is 3.57. The molecule has 2 aromatic heterocycles. The maximum Gasteiger partial charge on any atom is 0.433 e. The Morgan fingerprint density at radius 2 is 1.95 bits per heavy atom. The highest BCUT2D eigenvalue weighted by atomic mass is 32.1. The highest BCUT2D eigenvalue weighted by molar-refractivity contribution is 7.11. The van der Waals surface area contributed by atoms with E-state index in [1.807, 2.05) is 0 Å². The average Bonchev–Trinajstić information content (AvgIpc) is 2.89. The quantitative estimate of drug-likeness (QED) is 0.919. The lowest BCUT2D eigenvalue weighted by atomic mass is 10.0. The predicted octanol–water partition coefficient (Wildman–Crippen LogP) is 4.09. The van der Waals surface area contributed by atoms with Gasteiger partial charge in [-0.15, -0.1) is 11.3 Å². The molecule has 0 amide bonds. The number of nitrogens with one attached hydrogen (secondary N) is 1. The smallest absolute Gasteiger partial charge is 0.370 e. The fraction of sp³-hybridized carbons (Fsp3) is 0.467. The first kappa shape index (κ1) is 15.3. The molecular formula is C15H16F3N3S. The van der Waals surface area contributed by atoms with E-state index in [-0.39, 0.29) is 5.82 Å². The summed E-state index contributed by atoms with van der Waals surface area (Å²) in [7, 11) is 0. The second-order valence-corrected chi connectivity index (χ2v) is 6.44. The fourth-order valence-corrected chi connectivity index (χ4v) is 3.66. The van der Waals surface area contributed by atoms with Crippen molar-refractivity contribution in [1.29, 1.82) is 0 Å². The molecule has 2 heterocycles. The molecule has 3 nitrogen and oxygen atoms in total. The number of alkyl halides is 3. The molecule has 0 saturated heterocycles. The number of thiazole rings is 1. The van der Waals surface area contributed by atoms with Gasteiger partial charge >= 0.3 is 6.18 Å². The number of hydrogen-bond donors (Lipinski definition) is 1. The van der Waals surface area contributed by atoms with Gasteiger partial charge < -0.3 is 5.32 Å². The molecule has 3 rings (SSSR count). The number of pyridine rings is 1. The predicted molar refractivity (Wildman–Crippen MR) is 80.2 cm³/mol. The molecule has 1 aliphatic carbocycles. The van der Waals surface area contributed by atoms with Gasteiger partial charge in [-0.2, -0.15) is 13.2 Å². The van der Waals surface area contributed by atoms with Crippen molar-refractivity contribution in [3.05, 3.63) is 39.5 Å². The van der Waals surface area contributed by atoms with Crippen LogP contribution in [-0.2, 0) is 25.4 Å². The van der Waals surface area contributed by atoms with Crippen LogP contribution < -0.4 is 5.32 Å². The topological polar surface area (TPSA) is 37.8 Å². The number of aryl methyl sites for hydroxylation is 2. The molecule has 0 radical (unpaired) electrons. The second-order valence-electron chi connectivity index (χ2n) is 5.27. The van der Waals surface area contributed by atoms with Crippen LogP contribution in [0.5, 0.6) is 0 Å². The van der Waals surface area contributed by atoms with Crippen LogP contribution >= 0.6 is 11.3 Å². The molecule has 0 bridgehead atoms. The monoisotopic (exact) mass is 327 g/mol. The van der Waals surface area contributed by atoms with Gasteiger partial charge in [-0.25, -0.2) is 9.97 Å². The highest BCUT2D eigenvalue weighted by Crippen LogP contribution is 2.28. The van der Waals surface area contributed by atoms with E-state index in [9.17, 15) is 13.2 Å². The zero-order valence-electron chi connectivity index (χ0n) is 11.9. The number of halogens is 3. The minimum atomic E-state index is -4.41. The van der Waals surface area contributed by atoms with E-state index < -0.39 is 11.9 Å². The van der Waals surface area contributed by atoms with Crippen LogP contribution in [0.4, 0.5) is 19.0 Å². The Labute approximate surface area is 130 Å². The van der Waals surface area contributed by atoms with Crippen LogP contribution in [0.15, 0.2) is 18.2 Å². The zero-order chi connectivity index (χ0) is 15.6. The molecule has 0 spiro atoms. The van der Waals surface area contributed by atoms with Crippen LogP contribution in [0.25, 0.3) is 0 Å². The van der Waals surface area contributed by atoms with Gasteiger partial charge in [0.05, 0.1) is 10.7 Å². The first-order chi connectivity index (χ1) is 10.5. The van der Waals surface area contributed by atoms with Crippen LogP contribution in [0.3, 0.4) is 0 Å². The summed E-state index contributed by atoms with van der Waals surface area (Å²) in [6.07, 6.45) is 0.870. The Kier molecular flexibility index (Phi) is 4.33. The summed E-state index contributed by atoms with van der Waals surface area (Å²) in [4.78, 5) is 9.58. The maximum atomic E-state index is 12.6. The van der Waals surface area contributed by atoms with Crippen molar-refractivity contribution in [2.24, 2.45) is 0 Å². The number of aromatic nitrogens is 2. The van der Waals surface area contributed by atoms with Gasteiger partial charge in [-0.3, -0.25) is 0 Å². The van der Waals surface area contributed by atoms with Crippen molar-refractivity contribution in [3.8, 4) is 0 Å². The maximum absolute atomic E-state index is 12.6. The summed E-state index contributed by atoms with van der Waals surface area (Å²) in [5, 5.41) is 3.99. The molecule has 0 atom stereocenters. The Bertz CT molecular complexity index is 628. The summed E-state index contributed by atoms with van der Waals surface area (Å²) in [5.41, 5.74) is 0.339. The van der Waals surface area contributed by atoms with Crippen molar-refractivity contribution in [2.75, 3.05) is 11.9 Å². The van der Waals surface area contributed by atoms with Gasteiger partial charge in [0.1, 0.15) is 11.5 Å².